The van der Waals surface area contributed by atoms with Gasteiger partial charge in [-0.2, -0.15) is 13.2 Å². The lowest BCUT2D eigenvalue weighted by Crippen LogP contribution is -2.33. The van der Waals surface area contributed by atoms with Gasteiger partial charge in [0, 0.05) is 5.69 Å². The lowest BCUT2D eigenvalue weighted by Gasteiger charge is -2.10. The second-order valence-electron chi connectivity index (χ2n) is 4.01. The van der Waals surface area contributed by atoms with E-state index >= 15 is 0 Å². The topological polar surface area (TPSA) is 58.2 Å². The summed E-state index contributed by atoms with van der Waals surface area (Å²) in [5.41, 5.74) is 0.926. The van der Waals surface area contributed by atoms with Gasteiger partial charge in [-0.1, -0.05) is 11.6 Å². The van der Waals surface area contributed by atoms with Crippen LogP contribution in [-0.2, 0) is 11.2 Å². The third-order valence-corrected chi connectivity index (χ3v) is 2.82. The van der Waals surface area contributed by atoms with Gasteiger partial charge in [-0.25, -0.2) is 0 Å². The molecular weight excluding hydrogens is 285 g/mol. The van der Waals surface area contributed by atoms with Crippen LogP contribution in [0.25, 0.3) is 0 Å². The van der Waals surface area contributed by atoms with Crippen molar-refractivity contribution in [3.05, 3.63) is 28.3 Å². The summed E-state index contributed by atoms with van der Waals surface area (Å²) >= 11 is 5.81. The largest absolute Gasteiger partial charge is 0.405 e. The Morgan fingerprint density at radius 3 is 2.74 bits per heavy atom. The molecule has 1 aromatic rings. The van der Waals surface area contributed by atoms with Crippen LogP contribution in [0.3, 0.4) is 0 Å². The van der Waals surface area contributed by atoms with E-state index in [1.807, 2.05) is 0 Å². The molecule has 4 nitrogen and oxygen atoms in total. The van der Waals surface area contributed by atoms with Gasteiger partial charge in [-0.3, -0.25) is 9.59 Å². The van der Waals surface area contributed by atoms with Crippen molar-refractivity contribution < 1.29 is 22.8 Å². The Kier molecular flexibility index (Phi) is 3.40. The maximum atomic E-state index is 12.0. The molecule has 1 aromatic carbocycles. The predicted octanol–water partition coefficient (Wildman–Crippen LogP) is 2.13. The number of rotatable bonds is 2. The van der Waals surface area contributed by atoms with Gasteiger partial charge in [0.2, 0.25) is 5.91 Å². The minimum Gasteiger partial charge on any atom is -0.343 e. The number of carbonyl (C=O) groups excluding carboxylic acids is 2. The average Bonchev–Trinajstić information content (AvgIpc) is 2.63. The molecule has 0 spiro atoms. The van der Waals surface area contributed by atoms with E-state index in [4.69, 9.17) is 11.6 Å². The number of carbonyl (C=O) groups is 2. The van der Waals surface area contributed by atoms with Crippen LogP contribution < -0.4 is 10.6 Å². The molecule has 2 rings (SSSR count). The molecule has 0 saturated carbocycles. The summed E-state index contributed by atoms with van der Waals surface area (Å²) < 4.78 is 36.0. The Labute approximate surface area is 110 Å². The first-order valence-electron chi connectivity index (χ1n) is 5.23. The van der Waals surface area contributed by atoms with Crippen LogP contribution in [0.15, 0.2) is 12.1 Å². The van der Waals surface area contributed by atoms with Crippen molar-refractivity contribution in [2.45, 2.75) is 12.6 Å². The van der Waals surface area contributed by atoms with E-state index in [9.17, 15) is 22.8 Å². The van der Waals surface area contributed by atoms with Crippen LogP contribution >= 0.6 is 11.6 Å². The average molecular weight is 293 g/mol. The fraction of sp³-hybridized carbons (Fsp3) is 0.273. The molecule has 0 unspecified atom stereocenters. The van der Waals surface area contributed by atoms with E-state index in [2.05, 4.69) is 5.32 Å². The zero-order valence-electron chi connectivity index (χ0n) is 9.40. The Balaban J connectivity index is 2.19. The normalized spacial score (nSPS) is 14.0. The molecule has 0 saturated heterocycles. The van der Waals surface area contributed by atoms with E-state index in [0.717, 1.165) is 0 Å². The molecule has 2 amide bonds. The van der Waals surface area contributed by atoms with Crippen LogP contribution in [0.4, 0.5) is 18.9 Å². The molecule has 0 radical (unpaired) electrons. The SMILES string of the molecule is O=C1Cc2cc(C(=O)NCC(F)(F)F)c(Cl)cc2N1. The van der Waals surface area contributed by atoms with Gasteiger partial charge in [0.1, 0.15) is 6.54 Å². The van der Waals surface area contributed by atoms with Gasteiger partial charge in [0.05, 0.1) is 17.0 Å². The molecule has 8 heteroatoms. The van der Waals surface area contributed by atoms with Gasteiger partial charge in [-0.05, 0) is 17.7 Å². The molecular formula is C11H8ClF3N2O2. The van der Waals surface area contributed by atoms with Crippen molar-refractivity contribution in [1.82, 2.24) is 5.32 Å². The lowest BCUT2D eigenvalue weighted by molar-refractivity contribution is -0.123. The number of hydrogen-bond donors (Lipinski definition) is 2. The summed E-state index contributed by atoms with van der Waals surface area (Å²) in [6, 6.07) is 2.67. The van der Waals surface area contributed by atoms with Gasteiger partial charge < -0.3 is 10.6 Å². The first kappa shape index (κ1) is 13.7. The van der Waals surface area contributed by atoms with Gasteiger partial charge >= 0.3 is 6.18 Å². The molecule has 19 heavy (non-hydrogen) atoms. The minimum atomic E-state index is -4.49. The summed E-state index contributed by atoms with van der Waals surface area (Å²) in [6.45, 7) is -1.43. The predicted molar refractivity (Wildman–Crippen MR) is 62.2 cm³/mol. The second kappa shape index (κ2) is 4.73. The summed E-state index contributed by atoms with van der Waals surface area (Å²) in [4.78, 5) is 22.7. The van der Waals surface area contributed by atoms with Crippen LogP contribution in [0.2, 0.25) is 5.02 Å². The number of anilines is 1. The third kappa shape index (κ3) is 3.17. The first-order valence-corrected chi connectivity index (χ1v) is 5.61. The summed E-state index contributed by atoms with van der Waals surface area (Å²) in [7, 11) is 0. The summed E-state index contributed by atoms with van der Waals surface area (Å²) in [6.07, 6.45) is -4.41. The highest BCUT2D eigenvalue weighted by atomic mass is 35.5. The number of fused-ring (bicyclic) bond motifs is 1. The van der Waals surface area contributed by atoms with Crippen LogP contribution in [0.5, 0.6) is 0 Å². The summed E-state index contributed by atoms with van der Waals surface area (Å²) in [5, 5.41) is 4.24. The fourth-order valence-corrected chi connectivity index (χ4v) is 1.95. The van der Waals surface area contributed by atoms with Crippen LogP contribution in [-0.4, -0.2) is 24.5 Å². The third-order valence-electron chi connectivity index (χ3n) is 2.51. The van der Waals surface area contributed by atoms with Gasteiger partial charge in [-0.15, -0.1) is 0 Å². The van der Waals surface area contributed by atoms with Crippen molar-refractivity contribution in [3.8, 4) is 0 Å². The molecule has 0 aromatic heterocycles. The minimum absolute atomic E-state index is 0.0133. The Bertz CT molecular complexity index is 558. The number of halogens is 4. The van der Waals surface area contributed by atoms with Crippen LogP contribution in [0, 0.1) is 0 Å². The standard InChI is InChI=1S/C11H8ClF3N2O2/c12-7-3-8-5(2-9(18)17-8)1-6(7)10(19)16-4-11(13,14)15/h1,3H,2,4H2,(H,16,19)(H,17,18). The van der Waals surface area contributed by atoms with Gasteiger partial charge in [0.15, 0.2) is 0 Å². The van der Waals surface area contributed by atoms with Gasteiger partial charge in [0.25, 0.3) is 5.91 Å². The molecule has 102 valence electrons. The molecule has 0 bridgehead atoms. The number of amides is 2. The molecule has 1 aliphatic heterocycles. The second-order valence-corrected chi connectivity index (χ2v) is 4.42. The monoisotopic (exact) mass is 292 g/mol. The van der Waals surface area contributed by atoms with Crippen molar-refractivity contribution in [3.63, 3.8) is 0 Å². The zero-order chi connectivity index (χ0) is 14.2. The zero-order valence-corrected chi connectivity index (χ0v) is 10.2. The molecule has 0 aliphatic carbocycles. The molecule has 0 fully saturated rings. The van der Waals surface area contributed by atoms with E-state index in [1.165, 1.54) is 12.1 Å². The van der Waals surface area contributed by atoms with E-state index < -0.39 is 18.6 Å². The summed E-state index contributed by atoms with van der Waals surface area (Å²) in [5.74, 6) is -1.18. The molecule has 0 atom stereocenters. The number of benzene rings is 1. The fourth-order valence-electron chi connectivity index (χ4n) is 1.70. The van der Waals surface area contributed by atoms with E-state index in [-0.39, 0.29) is 22.9 Å². The first-order chi connectivity index (χ1) is 8.76. The van der Waals surface area contributed by atoms with E-state index in [1.54, 1.807) is 5.32 Å². The number of alkyl halides is 3. The molecule has 1 aliphatic rings. The van der Waals surface area contributed by atoms with E-state index in [0.29, 0.717) is 11.3 Å². The lowest BCUT2D eigenvalue weighted by atomic mass is 10.1. The maximum Gasteiger partial charge on any atom is 0.405 e. The Hall–Kier alpha value is -1.76. The van der Waals surface area contributed by atoms with Crippen molar-refractivity contribution in [2.24, 2.45) is 0 Å². The maximum absolute atomic E-state index is 12.0. The highest BCUT2D eigenvalue weighted by Crippen LogP contribution is 2.29. The van der Waals surface area contributed by atoms with Crippen molar-refractivity contribution >= 4 is 29.1 Å². The molecule has 1 heterocycles. The molecule has 2 N–H and O–H groups in total. The number of nitrogens with one attached hydrogen (secondary N) is 2. The van der Waals surface area contributed by atoms with Crippen LogP contribution in [0.1, 0.15) is 15.9 Å². The number of hydrogen-bond acceptors (Lipinski definition) is 2. The Morgan fingerprint density at radius 1 is 1.42 bits per heavy atom. The quantitative estimate of drug-likeness (QED) is 0.877. The Morgan fingerprint density at radius 2 is 2.11 bits per heavy atom. The van der Waals surface area contributed by atoms with Crippen molar-refractivity contribution in [2.75, 3.05) is 11.9 Å². The highest BCUT2D eigenvalue weighted by Gasteiger charge is 2.29. The highest BCUT2D eigenvalue weighted by molar-refractivity contribution is 6.34. The smallest absolute Gasteiger partial charge is 0.343 e. The van der Waals surface area contributed by atoms with Crippen molar-refractivity contribution in [1.29, 1.82) is 0 Å².